The van der Waals surface area contributed by atoms with Gasteiger partial charge in [-0.05, 0) is 240 Å². The Bertz CT molecular complexity index is 3380. The SMILES string of the molecule is CC(C)C12CC(C1)C2.CC(C)C12CC3CC(CC(C3)C1)C2.CC(C)C12CCC(O)(CC1)C2.CC(C)c1ccc(-c2nnnn2C)cc1.CC(C)c1ccc(-n2cccn2)cc1.CC(C)c1cccc(-c2ncc[nH]2)c1.CC(C)c1cccc(-c2nn[nH][n+]2C)c1. The highest BCUT2D eigenvalue weighted by Crippen LogP contribution is 2.68. The van der Waals surface area contributed by atoms with Gasteiger partial charge in [-0.1, -0.05) is 169 Å². The predicted molar refractivity (Wildman–Crippen MR) is 367 cm³/mol. The number of benzene rings is 4. The summed E-state index contributed by atoms with van der Waals surface area (Å²) in [5.74, 6) is 12.1. The van der Waals surface area contributed by atoms with Crippen LogP contribution in [0.2, 0.25) is 0 Å². The van der Waals surface area contributed by atoms with E-state index in [9.17, 15) is 5.11 Å². The van der Waals surface area contributed by atoms with E-state index in [1.807, 2.05) is 43.3 Å². The number of aromatic amines is 2. The first-order chi connectivity index (χ1) is 42.9. The van der Waals surface area contributed by atoms with E-state index >= 15 is 0 Å². The van der Waals surface area contributed by atoms with Crippen LogP contribution in [-0.4, -0.2) is 66.2 Å². The maximum atomic E-state index is 9.96. The molecule has 3 N–H and O–H groups in total. The van der Waals surface area contributed by atoms with E-state index in [-0.39, 0.29) is 5.60 Å². The summed E-state index contributed by atoms with van der Waals surface area (Å²) in [4.78, 5) is 7.34. The average molecular weight is 1220 g/mol. The molecule has 8 aromatic rings. The number of imidazole rings is 1. The highest BCUT2D eigenvalue weighted by molar-refractivity contribution is 5.57. The van der Waals surface area contributed by atoms with Gasteiger partial charge in [0, 0.05) is 43.0 Å². The second-order valence-electron chi connectivity index (χ2n) is 30.6. The van der Waals surface area contributed by atoms with Gasteiger partial charge in [0.05, 0.1) is 23.9 Å². The van der Waals surface area contributed by atoms with E-state index < -0.39 is 0 Å². The van der Waals surface area contributed by atoms with E-state index in [4.69, 9.17) is 0 Å². The van der Waals surface area contributed by atoms with Gasteiger partial charge in [-0.3, -0.25) is 0 Å². The van der Waals surface area contributed by atoms with E-state index in [1.54, 1.807) is 79.5 Å². The molecule has 90 heavy (non-hydrogen) atoms. The molecule has 9 aliphatic carbocycles. The van der Waals surface area contributed by atoms with Gasteiger partial charge < -0.3 is 10.1 Å². The molecule has 0 spiro atoms. The first kappa shape index (κ1) is 67.8. The topological polar surface area (TPSA) is 156 Å². The minimum Gasteiger partial charge on any atom is -0.390 e. The first-order valence-electron chi connectivity index (χ1n) is 34.5. The minimum atomic E-state index is -0.246. The normalized spacial score (nSPS) is 25.2. The Morgan fingerprint density at radius 1 is 0.533 bits per heavy atom. The van der Waals surface area contributed by atoms with Crippen LogP contribution in [0.15, 0.2) is 128 Å². The summed E-state index contributed by atoms with van der Waals surface area (Å²) < 4.78 is 5.34. The second-order valence-corrected chi connectivity index (χ2v) is 30.6. The Kier molecular flexibility index (Phi) is 22.1. The molecular weight excluding hydrogens is 1110 g/mol. The van der Waals surface area contributed by atoms with Gasteiger partial charge in [0.15, 0.2) is 11.0 Å². The Morgan fingerprint density at radius 2 is 1.03 bits per heavy atom. The van der Waals surface area contributed by atoms with E-state index in [0.29, 0.717) is 29.1 Å². The number of H-pyrrole nitrogens is 2. The van der Waals surface area contributed by atoms with Gasteiger partial charge in [-0.25, -0.2) is 14.3 Å². The van der Waals surface area contributed by atoms with Crippen LogP contribution in [0, 0.1) is 57.7 Å². The van der Waals surface area contributed by atoms with Crippen molar-refractivity contribution < 1.29 is 9.79 Å². The summed E-state index contributed by atoms with van der Waals surface area (Å²) in [5, 5.41) is 36.1. The Morgan fingerprint density at radius 3 is 1.41 bits per heavy atom. The van der Waals surface area contributed by atoms with Gasteiger partial charge in [0.1, 0.15) is 10.9 Å². The summed E-state index contributed by atoms with van der Waals surface area (Å²) in [6.07, 6.45) is 27.3. The third-order valence-electron chi connectivity index (χ3n) is 22.3. The van der Waals surface area contributed by atoms with Crippen molar-refractivity contribution in [1.82, 2.24) is 55.5 Å². The van der Waals surface area contributed by atoms with Crippen molar-refractivity contribution in [2.24, 2.45) is 71.8 Å². The number of tetrazole rings is 2. The van der Waals surface area contributed by atoms with E-state index in [2.05, 4.69) is 234 Å². The number of fused-ring (bicyclic) bond motifs is 2. The smallest absolute Gasteiger partial charge is 0.331 e. The van der Waals surface area contributed by atoms with Crippen molar-refractivity contribution in [3.05, 3.63) is 150 Å². The van der Waals surface area contributed by atoms with Crippen molar-refractivity contribution in [3.8, 4) is 39.9 Å². The molecule has 0 radical (unpaired) electrons. The largest absolute Gasteiger partial charge is 0.390 e. The fraction of sp³-hybridized carbons (Fsp3) is 0.584. The molecular formula is C77H111N12O+. The molecule has 9 aliphatic rings. The fourth-order valence-corrected chi connectivity index (χ4v) is 16.1. The lowest BCUT2D eigenvalue weighted by Crippen LogP contribution is -2.54. The summed E-state index contributed by atoms with van der Waals surface area (Å²) in [6, 6.07) is 35.7. The lowest BCUT2D eigenvalue weighted by molar-refractivity contribution is -0.721. The molecule has 9 fully saturated rings. The van der Waals surface area contributed by atoms with Crippen molar-refractivity contribution in [2.45, 2.75) is 216 Å². The summed E-state index contributed by atoms with van der Waals surface area (Å²) in [6.45, 7) is 31.8. The van der Waals surface area contributed by atoms with Crippen LogP contribution >= 0.6 is 0 Å². The number of nitrogens with one attached hydrogen (secondary N) is 2. The fourth-order valence-electron chi connectivity index (χ4n) is 16.1. The molecule has 4 aromatic carbocycles. The van der Waals surface area contributed by atoms with Crippen LogP contribution in [0.1, 0.15) is 233 Å². The van der Waals surface area contributed by atoms with Crippen molar-refractivity contribution in [2.75, 3.05) is 0 Å². The quantitative estimate of drug-likeness (QED) is 0.108. The van der Waals surface area contributed by atoms with Gasteiger partial charge in [0.25, 0.3) is 0 Å². The maximum absolute atomic E-state index is 9.96. The molecule has 4 heterocycles. The lowest BCUT2D eigenvalue weighted by Gasteiger charge is -2.64. The number of hydrogen-bond donors (Lipinski definition) is 3. The van der Waals surface area contributed by atoms with Gasteiger partial charge in [-0.15, -0.1) is 5.10 Å². The van der Waals surface area contributed by atoms with E-state index in [0.717, 1.165) is 111 Å². The lowest BCUT2D eigenvalue weighted by atomic mass is 9.41. The molecule has 9 saturated carbocycles. The van der Waals surface area contributed by atoms with Crippen molar-refractivity contribution >= 4 is 0 Å². The van der Waals surface area contributed by atoms with Crippen molar-refractivity contribution in [1.29, 1.82) is 0 Å². The standard InChI is InChI=1S/C13H22.2C12H14N2.2C11H14N4.C10H18O.C8H14/c1-9(2)13-6-10-3-11(7-13)5-12(4-10)8-13;1-10(2)11-4-6-12(7-5-11)14-9-3-8-13-14;1-9(2)10-4-3-5-11(8-10)12-13-6-7-14-12;1-8(2)9-4-6-10(7-5-9)11-12-13-14-15(11)3;1-8(2)9-5-4-6-10(7-9)11-12-13-14-15(11)3;1-8(2)9-3-5-10(11,7-9)6-4-9;1-6(2)8-3-7(4-8)5-8/h9-12H,3-8H2,1-2H3;3-10H,1-2H3;3-9H,1-2H3,(H,13,14);2*4-8H,1-3H3;8,11H,3-7H2,1-2H3;6-7H,3-5H2,1-2H3/p+1. The molecule has 0 saturated heterocycles. The highest BCUT2D eigenvalue weighted by Gasteiger charge is 2.58. The molecule has 484 valence electrons. The van der Waals surface area contributed by atoms with Gasteiger partial charge in [-0.2, -0.15) is 9.78 Å². The number of nitrogens with zero attached hydrogens (tertiary/aromatic N) is 10. The number of hydrogen-bond acceptors (Lipinski definition) is 8. The summed E-state index contributed by atoms with van der Waals surface area (Å²) >= 11 is 0. The Hall–Kier alpha value is -6.60. The number of aryl methyl sites for hydroxylation is 2. The van der Waals surface area contributed by atoms with Gasteiger partial charge >= 0.3 is 5.82 Å². The molecule has 13 heteroatoms. The zero-order valence-electron chi connectivity index (χ0n) is 57.8. The average Bonchev–Trinajstić information content (AvgIpc) is 0.944. The number of rotatable bonds is 11. The van der Waals surface area contributed by atoms with Crippen LogP contribution in [0.3, 0.4) is 0 Å². The number of aromatic nitrogens is 12. The first-order valence-corrected chi connectivity index (χ1v) is 34.5. The van der Waals surface area contributed by atoms with E-state index in [1.165, 1.54) is 35.1 Å². The molecule has 8 bridgehead atoms. The number of aliphatic hydroxyl groups is 1. The van der Waals surface area contributed by atoms with Crippen LogP contribution in [0.4, 0.5) is 0 Å². The van der Waals surface area contributed by atoms with Crippen molar-refractivity contribution in [3.63, 3.8) is 0 Å². The molecule has 13 nitrogen and oxygen atoms in total. The molecule has 4 aromatic heterocycles. The molecule has 0 aliphatic heterocycles. The van der Waals surface area contributed by atoms with Crippen LogP contribution in [-0.2, 0) is 14.1 Å². The maximum Gasteiger partial charge on any atom is 0.331 e. The zero-order valence-corrected chi connectivity index (χ0v) is 57.8. The Labute approximate surface area is 540 Å². The second kappa shape index (κ2) is 29.3. The van der Waals surface area contributed by atoms with Crippen LogP contribution in [0.5, 0.6) is 0 Å². The predicted octanol–water partition coefficient (Wildman–Crippen LogP) is 18.3. The molecule has 0 unspecified atom stereocenters. The van der Waals surface area contributed by atoms with Crippen LogP contribution < -0.4 is 4.68 Å². The van der Waals surface area contributed by atoms with Gasteiger partial charge in [0.2, 0.25) is 0 Å². The molecule has 17 rings (SSSR count). The minimum absolute atomic E-state index is 0.246. The molecule has 0 atom stereocenters. The third-order valence-corrected chi connectivity index (χ3v) is 22.3. The molecule has 0 amide bonds. The monoisotopic (exact) mass is 1220 g/mol. The summed E-state index contributed by atoms with van der Waals surface area (Å²) in [5.41, 5.74) is 11.7. The Balaban J connectivity index is 0.000000125. The summed E-state index contributed by atoms with van der Waals surface area (Å²) in [7, 11) is 3.74. The zero-order chi connectivity index (χ0) is 64.5. The highest BCUT2D eigenvalue weighted by atomic mass is 16.3. The van der Waals surface area contributed by atoms with Crippen LogP contribution in [0.25, 0.3) is 39.9 Å². The third kappa shape index (κ3) is 16.3.